The zero-order valence-electron chi connectivity index (χ0n) is 25.1. The summed E-state index contributed by atoms with van der Waals surface area (Å²) < 4.78 is 34.8. The first-order valence-corrected chi connectivity index (χ1v) is 16.9. The molecular formula is C30H44N4O8S. The number of carbonyl (C=O) groups is 4. The molecule has 1 aliphatic carbocycles. The fraction of sp³-hybridized carbons (Fsp3) is 0.667. The lowest BCUT2D eigenvalue weighted by atomic mass is 9.90. The van der Waals surface area contributed by atoms with Gasteiger partial charge in [-0.05, 0) is 43.9 Å². The van der Waals surface area contributed by atoms with Crippen molar-refractivity contribution in [2.45, 2.75) is 93.5 Å². The molecule has 4 rings (SSSR count). The van der Waals surface area contributed by atoms with Crippen molar-refractivity contribution in [3.05, 3.63) is 29.8 Å². The van der Waals surface area contributed by atoms with Gasteiger partial charge in [-0.15, -0.1) is 0 Å². The van der Waals surface area contributed by atoms with E-state index in [9.17, 15) is 27.6 Å². The lowest BCUT2D eigenvalue weighted by Gasteiger charge is -2.27. The smallest absolute Gasteiger partial charge is 0.243 e. The molecule has 3 amide bonds. The Balaban J connectivity index is 1.46. The molecular weight excluding hydrogens is 576 g/mol. The van der Waals surface area contributed by atoms with Crippen molar-refractivity contribution < 1.29 is 37.1 Å². The van der Waals surface area contributed by atoms with Crippen LogP contribution in [0, 0.1) is 5.92 Å². The van der Waals surface area contributed by atoms with E-state index in [0.717, 1.165) is 38.5 Å². The van der Waals surface area contributed by atoms with Crippen LogP contribution in [0.15, 0.2) is 29.2 Å². The summed E-state index contributed by atoms with van der Waals surface area (Å²) in [7, 11) is -3.41. The van der Waals surface area contributed by atoms with Crippen LogP contribution in [0.4, 0.5) is 0 Å². The summed E-state index contributed by atoms with van der Waals surface area (Å²) in [5.41, 5.74) is -0.310. The van der Waals surface area contributed by atoms with Gasteiger partial charge < -0.3 is 30.7 Å². The number of Topliss-reactive ketones (excluding diaryl/α,β-unsaturated/α-hetero) is 1. The number of ether oxygens (including phenoxy) is 2. The summed E-state index contributed by atoms with van der Waals surface area (Å²) in [4.78, 5) is 53.0. The van der Waals surface area contributed by atoms with Crippen molar-refractivity contribution in [3.8, 4) is 0 Å². The van der Waals surface area contributed by atoms with Crippen molar-refractivity contribution in [2.75, 3.05) is 32.6 Å². The molecule has 0 aromatic heterocycles. The molecule has 12 nitrogen and oxygen atoms in total. The van der Waals surface area contributed by atoms with Gasteiger partial charge in [-0.2, -0.15) is 0 Å². The normalized spacial score (nSPS) is 24.4. The van der Waals surface area contributed by atoms with Gasteiger partial charge in [0.15, 0.2) is 15.6 Å². The van der Waals surface area contributed by atoms with Crippen molar-refractivity contribution in [2.24, 2.45) is 5.92 Å². The Morgan fingerprint density at radius 1 is 1.02 bits per heavy atom. The van der Waals surface area contributed by atoms with E-state index in [0.29, 0.717) is 37.7 Å². The van der Waals surface area contributed by atoms with Crippen LogP contribution >= 0.6 is 0 Å². The van der Waals surface area contributed by atoms with Gasteiger partial charge in [0.05, 0.1) is 36.7 Å². The van der Waals surface area contributed by atoms with Crippen molar-refractivity contribution in [1.82, 2.24) is 21.3 Å². The number of carbonyl (C=O) groups excluding carboxylic acids is 4. The van der Waals surface area contributed by atoms with Crippen LogP contribution in [0.25, 0.3) is 0 Å². The first kappa shape index (κ1) is 33.0. The molecule has 1 aromatic rings. The van der Waals surface area contributed by atoms with E-state index in [1.165, 1.54) is 19.1 Å². The molecule has 0 spiro atoms. The van der Waals surface area contributed by atoms with Crippen LogP contribution in [0.2, 0.25) is 0 Å². The maximum atomic E-state index is 13.7. The molecule has 5 atom stereocenters. The number of rotatable bonds is 14. The molecule has 4 N–H and O–H groups in total. The fourth-order valence-electron chi connectivity index (χ4n) is 5.64. The van der Waals surface area contributed by atoms with E-state index < -0.39 is 45.4 Å². The monoisotopic (exact) mass is 620 g/mol. The number of hydrogen-bond acceptors (Lipinski definition) is 9. The quantitative estimate of drug-likeness (QED) is 0.215. The maximum Gasteiger partial charge on any atom is 0.243 e. The van der Waals surface area contributed by atoms with Crippen LogP contribution in [0.1, 0.15) is 57.9 Å². The fourth-order valence-corrected chi connectivity index (χ4v) is 6.27. The third-order valence-corrected chi connectivity index (χ3v) is 9.52. The second-order valence-electron chi connectivity index (χ2n) is 12.2. The van der Waals surface area contributed by atoms with Gasteiger partial charge >= 0.3 is 0 Å². The summed E-state index contributed by atoms with van der Waals surface area (Å²) in [6.07, 6.45) is 5.60. The molecule has 43 heavy (non-hydrogen) atoms. The van der Waals surface area contributed by atoms with Crippen LogP contribution < -0.4 is 21.3 Å². The summed E-state index contributed by atoms with van der Waals surface area (Å²) in [5, 5.41) is 11.5. The molecule has 1 saturated carbocycles. The SMILES string of the molecule is C[C@H](NC(=O)CC1CNCCO1)C(=O)N[C@@H](Cc1ccc(S(C)(=O)=O)cc1)C(=O)N[C@@H](CC1CCCC1)C(=O)[C@@]1(C)CO1. The first-order valence-electron chi connectivity index (χ1n) is 15.0. The van der Waals surface area contributed by atoms with Crippen LogP contribution in [0.3, 0.4) is 0 Å². The first-order chi connectivity index (χ1) is 20.3. The highest BCUT2D eigenvalue weighted by Crippen LogP contribution is 2.33. The molecule has 0 bridgehead atoms. The molecule has 1 unspecified atom stereocenters. The number of ketones is 1. The lowest BCUT2D eigenvalue weighted by Crippen LogP contribution is -2.57. The molecule has 2 aliphatic heterocycles. The topological polar surface area (TPSA) is 172 Å². The Labute approximate surface area is 253 Å². The number of hydrogen-bond donors (Lipinski definition) is 4. The van der Waals surface area contributed by atoms with Crippen LogP contribution in [-0.2, 0) is 44.9 Å². The third kappa shape index (κ3) is 9.56. The van der Waals surface area contributed by atoms with Gasteiger partial charge in [0.2, 0.25) is 17.7 Å². The molecule has 2 saturated heterocycles. The van der Waals surface area contributed by atoms with Crippen molar-refractivity contribution >= 4 is 33.3 Å². The number of sulfone groups is 1. The van der Waals surface area contributed by atoms with Crippen LogP contribution in [-0.4, -0.2) is 94.3 Å². The van der Waals surface area contributed by atoms with E-state index in [-0.39, 0.29) is 35.5 Å². The number of epoxide rings is 1. The second kappa shape index (κ2) is 14.3. The van der Waals surface area contributed by atoms with Gasteiger partial charge in [-0.25, -0.2) is 8.42 Å². The van der Waals surface area contributed by atoms with Gasteiger partial charge in [0.1, 0.15) is 17.7 Å². The number of nitrogens with one attached hydrogen (secondary N) is 4. The third-order valence-electron chi connectivity index (χ3n) is 8.39. The summed E-state index contributed by atoms with van der Waals surface area (Å²) >= 11 is 0. The Morgan fingerprint density at radius 3 is 2.26 bits per heavy atom. The highest BCUT2D eigenvalue weighted by Gasteiger charge is 2.50. The standard InChI is InChI=1S/C30H44N4O8S/c1-19(32-26(35)16-22-17-31-12-13-41-22)28(37)34-25(15-21-8-10-23(11-9-21)43(3,39)40)29(38)33-24(14-20-6-4-5-7-20)27(36)30(2)18-42-30/h8-11,19-20,22,24-25,31H,4-7,12-18H2,1-3H3,(H,32,35)(H,33,38)(H,34,37)/t19-,22?,24-,25-,30+/m0/s1. The largest absolute Gasteiger partial charge is 0.375 e. The average molecular weight is 621 g/mol. The molecule has 3 fully saturated rings. The Morgan fingerprint density at radius 2 is 1.67 bits per heavy atom. The summed E-state index contributed by atoms with van der Waals surface area (Å²) in [5.74, 6) is -1.34. The maximum absolute atomic E-state index is 13.7. The summed E-state index contributed by atoms with van der Waals surface area (Å²) in [6, 6.07) is 3.28. The zero-order valence-corrected chi connectivity index (χ0v) is 26.0. The Bertz CT molecular complexity index is 1270. The minimum Gasteiger partial charge on any atom is -0.375 e. The minimum absolute atomic E-state index is 0.0436. The van der Waals surface area contributed by atoms with Crippen LogP contribution in [0.5, 0.6) is 0 Å². The Kier molecular flexibility index (Phi) is 11.0. The van der Waals surface area contributed by atoms with E-state index in [1.54, 1.807) is 19.1 Å². The number of amides is 3. The van der Waals surface area contributed by atoms with Crippen molar-refractivity contribution in [3.63, 3.8) is 0 Å². The lowest BCUT2D eigenvalue weighted by molar-refractivity contribution is -0.134. The predicted molar refractivity (Wildman–Crippen MR) is 158 cm³/mol. The van der Waals surface area contributed by atoms with E-state index in [4.69, 9.17) is 9.47 Å². The van der Waals surface area contributed by atoms with Gasteiger partial charge in [0.25, 0.3) is 0 Å². The summed E-state index contributed by atoms with van der Waals surface area (Å²) in [6.45, 7) is 5.31. The van der Waals surface area contributed by atoms with E-state index in [2.05, 4.69) is 21.3 Å². The van der Waals surface area contributed by atoms with Gasteiger partial charge in [-0.3, -0.25) is 19.2 Å². The zero-order chi connectivity index (χ0) is 31.2. The minimum atomic E-state index is -3.41. The number of benzene rings is 1. The molecule has 238 valence electrons. The Hall–Kier alpha value is -2.87. The molecule has 2 heterocycles. The average Bonchev–Trinajstić information content (AvgIpc) is 3.50. The number of morpholine rings is 1. The van der Waals surface area contributed by atoms with Crippen molar-refractivity contribution in [1.29, 1.82) is 0 Å². The van der Waals surface area contributed by atoms with E-state index in [1.807, 2.05) is 0 Å². The van der Waals surface area contributed by atoms with Gasteiger partial charge in [-0.1, -0.05) is 37.8 Å². The van der Waals surface area contributed by atoms with E-state index >= 15 is 0 Å². The molecule has 3 aliphatic rings. The predicted octanol–water partition coefficient (Wildman–Crippen LogP) is 0.424. The molecule has 0 radical (unpaired) electrons. The molecule has 1 aromatic carbocycles. The van der Waals surface area contributed by atoms with Gasteiger partial charge in [0, 0.05) is 25.8 Å². The molecule has 13 heteroatoms. The highest BCUT2D eigenvalue weighted by atomic mass is 32.2. The highest BCUT2D eigenvalue weighted by molar-refractivity contribution is 7.90. The second-order valence-corrected chi connectivity index (χ2v) is 14.2.